The van der Waals surface area contributed by atoms with Crippen molar-refractivity contribution in [3.05, 3.63) is 0 Å². The average Bonchev–Trinajstić information content (AvgIpc) is 2.98. The number of nitrogens with one attached hydrogen (secondary N) is 2. The minimum absolute atomic E-state index is 0.0259. The fourth-order valence-corrected chi connectivity index (χ4v) is 2.79. The van der Waals surface area contributed by atoms with Crippen LogP contribution in [0.3, 0.4) is 0 Å². The van der Waals surface area contributed by atoms with Gasteiger partial charge in [-0.3, -0.25) is 19.2 Å². The lowest BCUT2D eigenvalue weighted by molar-refractivity contribution is -0.138. The molecule has 2 aliphatic heterocycles. The highest BCUT2D eigenvalue weighted by Gasteiger charge is 2.56. The van der Waals surface area contributed by atoms with Gasteiger partial charge < -0.3 is 10.2 Å². The van der Waals surface area contributed by atoms with Crippen LogP contribution < -0.4 is 10.8 Å². The van der Waals surface area contributed by atoms with Gasteiger partial charge in [0.2, 0.25) is 11.8 Å². The Kier molecular flexibility index (Phi) is 3.14. The SMILES string of the molecule is O=C1N[C@@H](C(=O)NOCCN2CCCC2=O)[C@H]2C[C@@H]12. The quantitative estimate of drug-likeness (QED) is 0.483. The maximum atomic E-state index is 11.8. The highest BCUT2D eigenvalue weighted by molar-refractivity contribution is 5.94. The summed E-state index contributed by atoms with van der Waals surface area (Å²) in [6, 6.07) is -0.453. The van der Waals surface area contributed by atoms with Crippen LogP contribution in [0.25, 0.3) is 0 Å². The standard InChI is InChI=1S/C12H17N3O4/c16-9-2-1-3-15(9)4-5-19-14-12(18)10-7-6-8(7)11(17)13-10/h7-8,10H,1-6H2,(H,13,17)(H,14,18)/t7-,8+,10+/m0/s1. The van der Waals surface area contributed by atoms with Crippen molar-refractivity contribution in [2.75, 3.05) is 19.7 Å². The van der Waals surface area contributed by atoms with Crippen LogP contribution in [-0.2, 0) is 19.2 Å². The van der Waals surface area contributed by atoms with Crippen LogP contribution in [0.4, 0.5) is 0 Å². The van der Waals surface area contributed by atoms with E-state index in [0.29, 0.717) is 13.0 Å². The van der Waals surface area contributed by atoms with Crippen LogP contribution in [-0.4, -0.2) is 48.4 Å². The molecule has 3 fully saturated rings. The van der Waals surface area contributed by atoms with E-state index in [-0.39, 0.29) is 36.2 Å². The maximum absolute atomic E-state index is 11.8. The topological polar surface area (TPSA) is 87.7 Å². The Morgan fingerprint density at radius 1 is 1.47 bits per heavy atom. The zero-order valence-corrected chi connectivity index (χ0v) is 10.6. The van der Waals surface area contributed by atoms with Crippen LogP contribution in [0.15, 0.2) is 0 Å². The molecule has 0 aromatic carbocycles. The first-order chi connectivity index (χ1) is 9.16. The number of carbonyl (C=O) groups is 3. The predicted octanol–water partition coefficient (Wildman–Crippen LogP) is -1.21. The predicted molar refractivity (Wildman–Crippen MR) is 63.4 cm³/mol. The minimum atomic E-state index is -0.453. The summed E-state index contributed by atoms with van der Waals surface area (Å²) in [4.78, 5) is 41.2. The van der Waals surface area contributed by atoms with Crippen LogP contribution in [0.1, 0.15) is 19.3 Å². The molecule has 2 heterocycles. The van der Waals surface area contributed by atoms with Crippen LogP contribution in [0, 0.1) is 11.8 Å². The summed E-state index contributed by atoms with van der Waals surface area (Å²) in [5, 5.41) is 2.65. The van der Waals surface area contributed by atoms with Crippen molar-refractivity contribution in [1.82, 2.24) is 15.7 Å². The van der Waals surface area contributed by atoms with Gasteiger partial charge in [0, 0.05) is 31.3 Å². The number of fused-ring (bicyclic) bond motifs is 1. The Balaban J connectivity index is 1.35. The number of hydroxylamine groups is 1. The zero-order chi connectivity index (χ0) is 13.4. The molecule has 0 bridgehead atoms. The summed E-state index contributed by atoms with van der Waals surface area (Å²) >= 11 is 0. The average molecular weight is 267 g/mol. The smallest absolute Gasteiger partial charge is 0.266 e. The molecule has 104 valence electrons. The molecule has 2 N–H and O–H groups in total. The highest BCUT2D eigenvalue weighted by atomic mass is 16.7. The van der Waals surface area contributed by atoms with Gasteiger partial charge in [0.25, 0.3) is 5.91 Å². The number of nitrogens with zero attached hydrogens (tertiary/aromatic N) is 1. The van der Waals surface area contributed by atoms with E-state index in [4.69, 9.17) is 4.84 Å². The molecule has 2 saturated heterocycles. The number of amides is 3. The van der Waals surface area contributed by atoms with Gasteiger partial charge in [-0.15, -0.1) is 0 Å². The third kappa shape index (κ3) is 2.42. The summed E-state index contributed by atoms with van der Waals surface area (Å²) in [7, 11) is 0. The summed E-state index contributed by atoms with van der Waals surface area (Å²) in [6.45, 7) is 1.52. The third-order valence-electron chi connectivity index (χ3n) is 3.99. The van der Waals surface area contributed by atoms with Crippen molar-refractivity contribution in [2.45, 2.75) is 25.3 Å². The van der Waals surface area contributed by atoms with E-state index in [2.05, 4.69) is 10.8 Å². The van der Waals surface area contributed by atoms with E-state index in [1.807, 2.05) is 0 Å². The molecule has 19 heavy (non-hydrogen) atoms. The molecular formula is C12H17N3O4. The molecule has 0 aromatic rings. The van der Waals surface area contributed by atoms with Gasteiger partial charge in [0.05, 0.1) is 6.61 Å². The van der Waals surface area contributed by atoms with Gasteiger partial charge in [0.1, 0.15) is 6.04 Å². The molecule has 0 spiro atoms. The van der Waals surface area contributed by atoms with Gasteiger partial charge in [0.15, 0.2) is 0 Å². The molecule has 0 radical (unpaired) electrons. The Labute approximate surface area is 110 Å². The fraction of sp³-hybridized carbons (Fsp3) is 0.750. The lowest BCUT2D eigenvalue weighted by Crippen LogP contribution is -2.45. The molecule has 1 aliphatic carbocycles. The van der Waals surface area contributed by atoms with Crippen molar-refractivity contribution in [2.24, 2.45) is 11.8 Å². The van der Waals surface area contributed by atoms with E-state index < -0.39 is 6.04 Å². The summed E-state index contributed by atoms with van der Waals surface area (Å²) in [5.74, 6) is -0.0352. The van der Waals surface area contributed by atoms with Crippen LogP contribution in [0.5, 0.6) is 0 Å². The Morgan fingerprint density at radius 2 is 2.32 bits per heavy atom. The molecule has 3 rings (SSSR count). The van der Waals surface area contributed by atoms with Gasteiger partial charge in [-0.2, -0.15) is 0 Å². The van der Waals surface area contributed by atoms with E-state index in [0.717, 1.165) is 19.4 Å². The number of likely N-dealkylation sites (tertiary alicyclic amines) is 1. The normalized spacial score (nSPS) is 32.2. The molecule has 3 amide bonds. The maximum Gasteiger partial charge on any atom is 0.266 e. The first-order valence-corrected chi connectivity index (χ1v) is 6.66. The second-order valence-corrected chi connectivity index (χ2v) is 5.29. The Morgan fingerprint density at radius 3 is 2.89 bits per heavy atom. The van der Waals surface area contributed by atoms with Gasteiger partial charge in [-0.1, -0.05) is 0 Å². The zero-order valence-electron chi connectivity index (χ0n) is 10.6. The van der Waals surface area contributed by atoms with E-state index in [1.54, 1.807) is 4.90 Å². The largest absolute Gasteiger partial charge is 0.344 e. The van der Waals surface area contributed by atoms with E-state index in [1.165, 1.54) is 0 Å². The number of rotatable bonds is 5. The second kappa shape index (κ2) is 4.80. The van der Waals surface area contributed by atoms with E-state index in [9.17, 15) is 14.4 Å². The third-order valence-corrected chi connectivity index (χ3v) is 3.99. The Hall–Kier alpha value is -1.63. The van der Waals surface area contributed by atoms with Crippen molar-refractivity contribution in [3.63, 3.8) is 0 Å². The van der Waals surface area contributed by atoms with Crippen molar-refractivity contribution >= 4 is 17.7 Å². The lowest BCUT2D eigenvalue weighted by Gasteiger charge is -2.16. The molecule has 0 aromatic heterocycles. The summed E-state index contributed by atoms with van der Waals surface area (Å²) < 4.78 is 0. The highest BCUT2D eigenvalue weighted by Crippen LogP contribution is 2.45. The van der Waals surface area contributed by atoms with Crippen LogP contribution in [0.2, 0.25) is 0 Å². The van der Waals surface area contributed by atoms with Crippen LogP contribution >= 0.6 is 0 Å². The number of carbonyl (C=O) groups excluding carboxylic acids is 3. The number of piperidine rings is 1. The summed E-state index contributed by atoms with van der Waals surface area (Å²) in [5.41, 5.74) is 2.35. The number of hydrogen-bond donors (Lipinski definition) is 2. The van der Waals surface area contributed by atoms with Gasteiger partial charge >= 0.3 is 0 Å². The van der Waals surface area contributed by atoms with Crippen molar-refractivity contribution in [1.29, 1.82) is 0 Å². The first-order valence-electron chi connectivity index (χ1n) is 6.66. The minimum Gasteiger partial charge on any atom is -0.344 e. The summed E-state index contributed by atoms with van der Waals surface area (Å²) in [6.07, 6.45) is 2.29. The second-order valence-electron chi connectivity index (χ2n) is 5.29. The van der Waals surface area contributed by atoms with E-state index >= 15 is 0 Å². The monoisotopic (exact) mass is 267 g/mol. The molecule has 0 unspecified atom stereocenters. The molecule has 7 nitrogen and oxygen atoms in total. The number of hydrogen-bond acceptors (Lipinski definition) is 4. The van der Waals surface area contributed by atoms with Gasteiger partial charge in [-0.05, 0) is 12.8 Å². The molecular weight excluding hydrogens is 250 g/mol. The first kappa shape index (κ1) is 12.4. The molecule has 3 aliphatic rings. The Bertz CT molecular complexity index is 425. The van der Waals surface area contributed by atoms with Crippen molar-refractivity contribution < 1.29 is 19.2 Å². The molecule has 7 heteroatoms. The van der Waals surface area contributed by atoms with Crippen molar-refractivity contribution in [3.8, 4) is 0 Å². The lowest BCUT2D eigenvalue weighted by atomic mass is 10.2. The molecule has 3 atom stereocenters. The molecule has 1 saturated carbocycles. The fourth-order valence-electron chi connectivity index (χ4n) is 2.79. The van der Waals surface area contributed by atoms with Gasteiger partial charge in [-0.25, -0.2) is 5.48 Å².